The molecule has 1 aromatic rings. The van der Waals surface area contributed by atoms with Gasteiger partial charge in [0.1, 0.15) is 0 Å². The summed E-state index contributed by atoms with van der Waals surface area (Å²) in [6.07, 6.45) is 3.96. The zero-order chi connectivity index (χ0) is 10.7. The molecule has 0 spiro atoms. The Morgan fingerprint density at radius 1 is 1.33 bits per heavy atom. The number of thiophene rings is 1. The summed E-state index contributed by atoms with van der Waals surface area (Å²) in [5.74, 6) is 0.850. The van der Waals surface area contributed by atoms with Crippen molar-refractivity contribution < 1.29 is 0 Å². The van der Waals surface area contributed by atoms with E-state index in [1.165, 1.54) is 32.4 Å². The van der Waals surface area contributed by atoms with E-state index in [-0.39, 0.29) is 0 Å². The Kier molecular flexibility index (Phi) is 3.81. The molecule has 0 bridgehead atoms. The average Bonchev–Trinajstić information content (AvgIpc) is 2.84. The number of hydrogen-bond acceptors (Lipinski definition) is 2. The third-order valence-electron chi connectivity index (χ3n) is 3.16. The van der Waals surface area contributed by atoms with Crippen molar-refractivity contribution in [1.82, 2.24) is 4.90 Å². The molecular weight excluding hydrogens is 202 g/mol. The molecule has 2 atom stereocenters. The van der Waals surface area contributed by atoms with Crippen LogP contribution in [0.3, 0.4) is 0 Å². The molecule has 0 saturated heterocycles. The number of rotatable bonds is 6. The van der Waals surface area contributed by atoms with Crippen LogP contribution in [-0.2, 0) is 0 Å². The monoisotopic (exact) mass is 223 g/mol. The van der Waals surface area contributed by atoms with E-state index in [0.29, 0.717) is 0 Å². The maximum Gasteiger partial charge on any atom is 0.0179 e. The highest BCUT2D eigenvalue weighted by Crippen LogP contribution is 2.46. The highest BCUT2D eigenvalue weighted by Gasteiger charge is 2.42. The van der Waals surface area contributed by atoms with E-state index in [0.717, 1.165) is 12.0 Å². The van der Waals surface area contributed by atoms with Gasteiger partial charge in [0.05, 0.1) is 0 Å². The lowest BCUT2D eigenvalue weighted by Crippen LogP contribution is -2.28. The minimum atomic E-state index is 0.850. The first kappa shape index (κ1) is 11.2. The molecule has 0 radical (unpaired) electrons. The second-order valence-corrected chi connectivity index (χ2v) is 5.44. The lowest BCUT2D eigenvalue weighted by Gasteiger charge is -2.21. The molecule has 0 aliphatic heterocycles. The van der Waals surface area contributed by atoms with E-state index in [1.807, 2.05) is 11.3 Å². The maximum atomic E-state index is 2.68. The Hall–Kier alpha value is -0.340. The second kappa shape index (κ2) is 5.13. The predicted octanol–water partition coefficient (Wildman–Crippen LogP) is 3.73. The lowest BCUT2D eigenvalue weighted by molar-refractivity contribution is 0.260. The summed E-state index contributed by atoms with van der Waals surface area (Å²) in [5.41, 5.74) is 0. The van der Waals surface area contributed by atoms with Gasteiger partial charge in [-0.2, -0.15) is 0 Å². The Morgan fingerprint density at radius 2 is 2.07 bits per heavy atom. The van der Waals surface area contributed by atoms with Gasteiger partial charge < -0.3 is 0 Å². The van der Waals surface area contributed by atoms with Gasteiger partial charge >= 0.3 is 0 Å². The number of nitrogens with zero attached hydrogens (tertiary/aromatic N) is 1. The molecule has 2 heteroatoms. The van der Waals surface area contributed by atoms with Crippen molar-refractivity contribution in [2.45, 2.75) is 45.1 Å². The molecule has 1 aliphatic carbocycles. The smallest absolute Gasteiger partial charge is 0.0179 e. The molecule has 1 saturated carbocycles. The molecule has 1 aliphatic rings. The second-order valence-electron chi connectivity index (χ2n) is 4.46. The molecular formula is C13H21NS. The summed E-state index contributed by atoms with van der Waals surface area (Å²) in [5, 5.41) is 2.20. The van der Waals surface area contributed by atoms with Gasteiger partial charge in [0.25, 0.3) is 0 Å². The zero-order valence-corrected chi connectivity index (χ0v) is 10.6. The molecule has 15 heavy (non-hydrogen) atoms. The van der Waals surface area contributed by atoms with Gasteiger partial charge in [0, 0.05) is 16.8 Å². The molecule has 1 aromatic heterocycles. The third-order valence-corrected chi connectivity index (χ3v) is 4.16. The summed E-state index contributed by atoms with van der Waals surface area (Å²) in [6.45, 7) is 7.12. The van der Waals surface area contributed by atoms with Crippen molar-refractivity contribution in [2.75, 3.05) is 13.1 Å². The first-order valence-electron chi connectivity index (χ1n) is 6.14. The van der Waals surface area contributed by atoms with Crippen molar-refractivity contribution in [1.29, 1.82) is 0 Å². The molecule has 0 aromatic carbocycles. The summed E-state index contributed by atoms with van der Waals surface area (Å²) in [6, 6.07) is 5.33. The van der Waals surface area contributed by atoms with Gasteiger partial charge in [-0.25, -0.2) is 0 Å². The van der Waals surface area contributed by atoms with Gasteiger partial charge in [0.15, 0.2) is 0 Å². The predicted molar refractivity (Wildman–Crippen MR) is 67.6 cm³/mol. The molecule has 1 heterocycles. The van der Waals surface area contributed by atoms with Crippen LogP contribution < -0.4 is 0 Å². The normalized spacial score (nSPS) is 24.7. The summed E-state index contributed by atoms with van der Waals surface area (Å²) < 4.78 is 0. The number of hydrogen-bond donors (Lipinski definition) is 0. The van der Waals surface area contributed by atoms with Gasteiger partial charge in [-0.1, -0.05) is 19.9 Å². The van der Waals surface area contributed by atoms with E-state index >= 15 is 0 Å². The van der Waals surface area contributed by atoms with Crippen LogP contribution in [0.2, 0.25) is 0 Å². The summed E-state index contributed by atoms with van der Waals surface area (Å²) >= 11 is 1.92. The van der Waals surface area contributed by atoms with Crippen molar-refractivity contribution in [3.05, 3.63) is 22.4 Å². The van der Waals surface area contributed by atoms with Crippen LogP contribution in [-0.4, -0.2) is 24.0 Å². The van der Waals surface area contributed by atoms with Gasteiger partial charge in [-0.05, 0) is 43.8 Å². The van der Waals surface area contributed by atoms with Crippen LogP contribution >= 0.6 is 11.3 Å². The first-order valence-corrected chi connectivity index (χ1v) is 7.02. The van der Waals surface area contributed by atoms with Crippen LogP contribution in [0.15, 0.2) is 17.5 Å². The van der Waals surface area contributed by atoms with Crippen molar-refractivity contribution in [3.63, 3.8) is 0 Å². The standard InChI is InChI=1S/C13H21NS/c1-3-7-14(8-4-2)12-10-11(12)13-6-5-9-15-13/h5-6,9,11-12H,3-4,7-8,10H2,1-2H3/t11-,12+/m0/s1. The highest BCUT2D eigenvalue weighted by molar-refractivity contribution is 7.10. The lowest BCUT2D eigenvalue weighted by atomic mass is 10.3. The Balaban J connectivity index is 1.90. The van der Waals surface area contributed by atoms with Crippen LogP contribution in [0.25, 0.3) is 0 Å². The molecule has 0 unspecified atom stereocenters. The molecule has 2 rings (SSSR count). The summed E-state index contributed by atoms with van der Waals surface area (Å²) in [4.78, 5) is 4.28. The van der Waals surface area contributed by atoms with Crippen molar-refractivity contribution >= 4 is 11.3 Å². The summed E-state index contributed by atoms with van der Waals surface area (Å²) in [7, 11) is 0. The van der Waals surface area contributed by atoms with E-state index < -0.39 is 0 Å². The minimum Gasteiger partial charge on any atom is -0.300 e. The van der Waals surface area contributed by atoms with Crippen molar-refractivity contribution in [2.24, 2.45) is 0 Å². The minimum absolute atomic E-state index is 0.850. The van der Waals surface area contributed by atoms with Gasteiger partial charge in [-0.15, -0.1) is 11.3 Å². The average molecular weight is 223 g/mol. The molecule has 84 valence electrons. The van der Waals surface area contributed by atoms with Crippen LogP contribution in [0.1, 0.15) is 43.9 Å². The molecule has 1 fully saturated rings. The van der Waals surface area contributed by atoms with Crippen molar-refractivity contribution in [3.8, 4) is 0 Å². The third kappa shape index (κ3) is 2.61. The molecule has 0 amide bonds. The van der Waals surface area contributed by atoms with E-state index in [1.54, 1.807) is 4.88 Å². The van der Waals surface area contributed by atoms with Crippen LogP contribution in [0.4, 0.5) is 0 Å². The van der Waals surface area contributed by atoms with Gasteiger partial charge in [-0.3, -0.25) is 4.90 Å². The highest BCUT2D eigenvalue weighted by atomic mass is 32.1. The molecule has 0 N–H and O–H groups in total. The Labute approximate surface area is 97.1 Å². The zero-order valence-electron chi connectivity index (χ0n) is 9.78. The van der Waals surface area contributed by atoms with Crippen LogP contribution in [0.5, 0.6) is 0 Å². The van der Waals surface area contributed by atoms with E-state index in [4.69, 9.17) is 0 Å². The van der Waals surface area contributed by atoms with Crippen LogP contribution in [0, 0.1) is 0 Å². The quantitative estimate of drug-likeness (QED) is 0.710. The maximum absolute atomic E-state index is 2.68. The Bertz CT molecular complexity index is 275. The van der Waals surface area contributed by atoms with E-state index in [2.05, 4.69) is 36.3 Å². The molecule has 1 nitrogen and oxygen atoms in total. The fourth-order valence-electron chi connectivity index (χ4n) is 2.41. The topological polar surface area (TPSA) is 3.24 Å². The largest absolute Gasteiger partial charge is 0.300 e. The van der Waals surface area contributed by atoms with E-state index in [9.17, 15) is 0 Å². The SMILES string of the molecule is CCCN(CCC)[C@@H]1C[C@@H]1c1cccs1. The first-order chi connectivity index (χ1) is 7.36. The fourth-order valence-corrected chi connectivity index (χ4v) is 3.31. The van der Waals surface area contributed by atoms with Gasteiger partial charge in [0.2, 0.25) is 0 Å². The fraction of sp³-hybridized carbons (Fsp3) is 0.692. The Morgan fingerprint density at radius 3 is 2.60 bits per heavy atom.